The minimum atomic E-state index is -4.51. The Morgan fingerprint density at radius 2 is 2.07 bits per heavy atom. The van der Waals surface area contributed by atoms with Crippen LogP contribution in [0.5, 0.6) is 5.75 Å². The van der Waals surface area contributed by atoms with Crippen molar-refractivity contribution in [2.24, 2.45) is 0 Å². The summed E-state index contributed by atoms with van der Waals surface area (Å²) in [5.74, 6) is -0.216. The zero-order valence-electron chi connectivity index (χ0n) is 7.95. The molecule has 0 atom stereocenters. The molecule has 0 radical (unpaired) electrons. The lowest BCUT2D eigenvalue weighted by Crippen LogP contribution is -2.00. The molecule has 5 heteroatoms. The zero-order chi connectivity index (χ0) is 10.8. The lowest BCUT2D eigenvalue weighted by atomic mass is 10.1. The summed E-state index contributed by atoms with van der Waals surface area (Å²) in [5.41, 5.74) is 1.13. The molecule has 0 bridgehead atoms. The molecule has 0 amide bonds. The molecule has 1 aromatic rings. The van der Waals surface area contributed by atoms with E-state index in [2.05, 4.69) is 0 Å². The number of para-hydroxylation sites is 1. The van der Waals surface area contributed by atoms with Crippen molar-refractivity contribution in [1.29, 1.82) is 0 Å². The molecule has 0 heterocycles. The van der Waals surface area contributed by atoms with Gasteiger partial charge in [0.15, 0.2) is 0 Å². The Balaban J connectivity index is 3.15. The normalized spacial score (nSPS) is 11.4. The summed E-state index contributed by atoms with van der Waals surface area (Å²) in [7, 11) is -3.08. The molecule has 0 aromatic heterocycles. The van der Waals surface area contributed by atoms with Gasteiger partial charge in [0, 0.05) is 5.56 Å². The van der Waals surface area contributed by atoms with E-state index in [9.17, 15) is 12.3 Å². The van der Waals surface area contributed by atoms with Crippen molar-refractivity contribution in [1.82, 2.24) is 0 Å². The third kappa shape index (κ3) is 2.70. The highest BCUT2D eigenvalue weighted by atomic mass is 32.3. The first-order valence-corrected chi connectivity index (χ1v) is 5.54. The third-order valence-corrected chi connectivity index (χ3v) is 2.48. The fourth-order valence-electron chi connectivity index (χ4n) is 1.30. The van der Waals surface area contributed by atoms with Crippen molar-refractivity contribution in [2.75, 3.05) is 7.11 Å². The van der Waals surface area contributed by atoms with Gasteiger partial charge in [-0.2, -0.15) is 8.42 Å². The predicted octanol–water partition coefficient (Wildman–Crippen LogP) is 1.80. The van der Waals surface area contributed by atoms with Crippen LogP contribution in [0, 0.1) is 6.92 Å². The van der Waals surface area contributed by atoms with Crippen molar-refractivity contribution in [3.63, 3.8) is 0 Å². The second-order valence-electron chi connectivity index (χ2n) is 2.95. The second-order valence-corrected chi connectivity index (χ2v) is 4.32. The highest BCUT2D eigenvalue weighted by Crippen LogP contribution is 2.24. The SMILES string of the molecule is COc1c(C)cccc1CS(=O)(=O)F. The molecule has 0 aliphatic heterocycles. The van der Waals surface area contributed by atoms with E-state index in [1.165, 1.54) is 13.2 Å². The lowest BCUT2D eigenvalue weighted by molar-refractivity contribution is 0.407. The van der Waals surface area contributed by atoms with E-state index in [0.29, 0.717) is 11.3 Å². The van der Waals surface area contributed by atoms with Gasteiger partial charge in [0.1, 0.15) is 11.5 Å². The number of methoxy groups -OCH3 is 1. The van der Waals surface area contributed by atoms with Crippen molar-refractivity contribution in [3.8, 4) is 5.75 Å². The van der Waals surface area contributed by atoms with Crippen molar-refractivity contribution in [3.05, 3.63) is 29.3 Å². The van der Waals surface area contributed by atoms with Crippen LogP contribution >= 0.6 is 0 Å². The first-order chi connectivity index (χ1) is 6.44. The van der Waals surface area contributed by atoms with Gasteiger partial charge >= 0.3 is 10.2 Å². The maximum atomic E-state index is 12.4. The second kappa shape index (κ2) is 3.96. The molecule has 0 N–H and O–H groups in total. The summed E-state index contributed by atoms with van der Waals surface area (Å²) in [6.45, 7) is 1.77. The molecule has 0 saturated carbocycles. The predicted molar refractivity (Wildman–Crippen MR) is 51.5 cm³/mol. The fraction of sp³-hybridized carbons (Fsp3) is 0.333. The summed E-state index contributed by atoms with van der Waals surface area (Å²) >= 11 is 0. The molecule has 0 saturated heterocycles. The Labute approximate surface area is 82.7 Å². The van der Waals surface area contributed by atoms with Crippen LogP contribution in [0.3, 0.4) is 0 Å². The van der Waals surface area contributed by atoms with Gasteiger partial charge in [-0.15, -0.1) is 3.89 Å². The maximum absolute atomic E-state index is 12.4. The van der Waals surface area contributed by atoms with E-state index in [1.54, 1.807) is 19.1 Å². The third-order valence-electron chi connectivity index (χ3n) is 1.83. The monoisotopic (exact) mass is 218 g/mol. The molecule has 78 valence electrons. The maximum Gasteiger partial charge on any atom is 0.306 e. The standard InChI is InChI=1S/C9H11FO3S/c1-7-4-3-5-8(9(7)13-2)6-14(10,11)12/h3-5H,6H2,1-2H3. The molecule has 1 aromatic carbocycles. The molecule has 1 rings (SSSR count). The van der Waals surface area contributed by atoms with Crippen LogP contribution in [0.1, 0.15) is 11.1 Å². The van der Waals surface area contributed by atoms with E-state index < -0.39 is 16.0 Å². The van der Waals surface area contributed by atoms with Gasteiger partial charge in [0.2, 0.25) is 0 Å². The topological polar surface area (TPSA) is 43.4 Å². The molecule has 0 fully saturated rings. The zero-order valence-corrected chi connectivity index (χ0v) is 8.77. The van der Waals surface area contributed by atoms with Gasteiger partial charge in [0.05, 0.1) is 7.11 Å². The van der Waals surface area contributed by atoms with Gasteiger partial charge < -0.3 is 4.74 Å². The van der Waals surface area contributed by atoms with Crippen LogP contribution in [-0.4, -0.2) is 15.5 Å². The molecule has 0 spiro atoms. The van der Waals surface area contributed by atoms with Gasteiger partial charge in [-0.1, -0.05) is 18.2 Å². The van der Waals surface area contributed by atoms with Gasteiger partial charge in [0.25, 0.3) is 0 Å². The molecule has 14 heavy (non-hydrogen) atoms. The highest BCUT2D eigenvalue weighted by Gasteiger charge is 2.14. The van der Waals surface area contributed by atoms with Crippen LogP contribution in [0.2, 0.25) is 0 Å². The Hall–Kier alpha value is -1.10. The Kier molecular flexibility index (Phi) is 3.10. The van der Waals surface area contributed by atoms with Crippen LogP contribution in [-0.2, 0) is 16.0 Å². The van der Waals surface area contributed by atoms with E-state index >= 15 is 0 Å². The molecule has 0 unspecified atom stereocenters. The van der Waals surface area contributed by atoms with E-state index in [1.807, 2.05) is 0 Å². The smallest absolute Gasteiger partial charge is 0.306 e. The lowest BCUT2D eigenvalue weighted by Gasteiger charge is -2.08. The molecule has 0 aliphatic carbocycles. The van der Waals surface area contributed by atoms with Gasteiger partial charge in [-0.05, 0) is 12.5 Å². The van der Waals surface area contributed by atoms with Crippen molar-refractivity contribution < 1.29 is 17.0 Å². The minimum absolute atomic E-state index is 0.343. The Bertz CT molecular complexity index is 426. The number of hydrogen-bond acceptors (Lipinski definition) is 3. The summed E-state index contributed by atoms with van der Waals surface area (Å²) < 4.78 is 38.3. The number of benzene rings is 1. The van der Waals surface area contributed by atoms with Crippen LogP contribution < -0.4 is 4.74 Å². The first-order valence-electron chi connectivity index (χ1n) is 3.99. The van der Waals surface area contributed by atoms with E-state index in [4.69, 9.17) is 4.74 Å². The first kappa shape index (κ1) is 11.0. The average molecular weight is 218 g/mol. The van der Waals surface area contributed by atoms with E-state index in [0.717, 1.165) is 5.56 Å². The quantitative estimate of drug-likeness (QED) is 0.726. The van der Waals surface area contributed by atoms with Crippen LogP contribution in [0.4, 0.5) is 3.89 Å². The summed E-state index contributed by atoms with van der Waals surface area (Å²) in [6.07, 6.45) is 0. The summed E-state index contributed by atoms with van der Waals surface area (Å²) in [4.78, 5) is 0. The van der Waals surface area contributed by atoms with Crippen LogP contribution in [0.15, 0.2) is 18.2 Å². The molecule has 0 aliphatic rings. The van der Waals surface area contributed by atoms with E-state index in [-0.39, 0.29) is 0 Å². The summed E-state index contributed by atoms with van der Waals surface area (Å²) in [5, 5.41) is 0. The molecule has 3 nitrogen and oxygen atoms in total. The van der Waals surface area contributed by atoms with Crippen LogP contribution in [0.25, 0.3) is 0 Å². The fourth-order valence-corrected chi connectivity index (χ4v) is 1.90. The largest absolute Gasteiger partial charge is 0.496 e. The number of aryl methyl sites for hydroxylation is 1. The number of halogens is 1. The number of ether oxygens (including phenoxy) is 1. The summed E-state index contributed by atoms with van der Waals surface area (Å²) in [6, 6.07) is 4.97. The van der Waals surface area contributed by atoms with Gasteiger partial charge in [-0.25, -0.2) is 0 Å². The van der Waals surface area contributed by atoms with Gasteiger partial charge in [-0.3, -0.25) is 0 Å². The Morgan fingerprint density at radius 3 is 2.57 bits per heavy atom. The Morgan fingerprint density at radius 1 is 1.43 bits per heavy atom. The molecular weight excluding hydrogens is 207 g/mol. The number of hydrogen-bond donors (Lipinski definition) is 0. The average Bonchev–Trinajstić information content (AvgIpc) is 2.01. The molecular formula is C9H11FO3S. The van der Waals surface area contributed by atoms with Crippen molar-refractivity contribution >= 4 is 10.2 Å². The highest BCUT2D eigenvalue weighted by molar-refractivity contribution is 7.85. The number of rotatable bonds is 3. The van der Waals surface area contributed by atoms with Crippen molar-refractivity contribution in [2.45, 2.75) is 12.7 Å². The minimum Gasteiger partial charge on any atom is -0.496 e.